The number of hydrogen-bond acceptors (Lipinski definition) is 3. The van der Waals surface area contributed by atoms with Gasteiger partial charge in [0.1, 0.15) is 11.3 Å². The highest BCUT2D eigenvalue weighted by molar-refractivity contribution is 5.77. The van der Waals surface area contributed by atoms with Crippen LogP contribution in [0.1, 0.15) is 18.9 Å². The van der Waals surface area contributed by atoms with E-state index in [0.717, 1.165) is 41.1 Å². The van der Waals surface area contributed by atoms with Crippen LogP contribution < -0.4 is 5.73 Å². The number of aromatic nitrogens is 3. The summed E-state index contributed by atoms with van der Waals surface area (Å²) in [4.78, 5) is 9.19. The molecule has 4 nitrogen and oxygen atoms in total. The molecule has 0 saturated carbocycles. The molecule has 0 bridgehead atoms. The molecule has 0 atom stereocenters. The molecule has 0 amide bonds. The Labute approximate surface area is 118 Å². The first-order valence-corrected chi connectivity index (χ1v) is 6.94. The van der Waals surface area contributed by atoms with Crippen molar-refractivity contribution in [3.63, 3.8) is 0 Å². The molecule has 3 rings (SSSR count). The molecule has 2 N–H and O–H groups in total. The lowest BCUT2D eigenvalue weighted by atomic mass is 10.1. The molecular formula is C16H18N4. The third kappa shape index (κ3) is 2.18. The Morgan fingerprint density at radius 1 is 1.15 bits per heavy atom. The van der Waals surface area contributed by atoms with Crippen molar-refractivity contribution >= 4 is 11.2 Å². The highest BCUT2D eigenvalue weighted by Crippen LogP contribution is 2.24. The minimum atomic E-state index is 0.563. The number of fused-ring (bicyclic) bond motifs is 1. The molecule has 0 aliphatic heterocycles. The van der Waals surface area contributed by atoms with E-state index >= 15 is 0 Å². The van der Waals surface area contributed by atoms with E-state index in [0.29, 0.717) is 6.54 Å². The molecule has 4 heteroatoms. The van der Waals surface area contributed by atoms with Crippen molar-refractivity contribution in [1.29, 1.82) is 0 Å². The minimum absolute atomic E-state index is 0.563. The molecule has 0 radical (unpaired) electrons. The van der Waals surface area contributed by atoms with Gasteiger partial charge in [-0.25, -0.2) is 9.97 Å². The fourth-order valence-corrected chi connectivity index (χ4v) is 2.40. The van der Waals surface area contributed by atoms with Crippen LogP contribution in [-0.4, -0.2) is 14.5 Å². The predicted molar refractivity (Wildman–Crippen MR) is 81.1 cm³/mol. The quantitative estimate of drug-likeness (QED) is 0.789. The van der Waals surface area contributed by atoms with Crippen molar-refractivity contribution < 1.29 is 0 Å². The highest BCUT2D eigenvalue weighted by atomic mass is 15.1. The van der Waals surface area contributed by atoms with Gasteiger partial charge in [0, 0.05) is 24.8 Å². The zero-order chi connectivity index (χ0) is 13.9. The first-order chi connectivity index (χ1) is 9.83. The number of hydrogen-bond donors (Lipinski definition) is 1. The molecule has 0 saturated heterocycles. The summed E-state index contributed by atoms with van der Waals surface area (Å²) in [6.07, 6.45) is 2.87. The van der Waals surface area contributed by atoms with Gasteiger partial charge in [-0.15, -0.1) is 0 Å². The molecule has 102 valence electrons. The predicted octanol–water partition coefficient (Wildman–Crippen LogP) is 2.97. The lowest BCUT2D eigenvalue weighted by molar-refractivity contribution is 0.698. The third-order valence-electron chi connectivity index (χ3n) is 3.40. The second-order valence-electron chi connectivity index (χ2n) is 4.83. The summed E-state index contributed by atoms with van der Waals surface area (Å²) < 4.78 is 2.19. The number of nitrogens with two attached hydrogens (primary N) is 1. The number of benzene rings is 1. The molecular weight excluding hydrogens is 248 g/mol. The van der Waals surface area contributed by atoms with Crippen LogP contribution in [0.15, 0.2) is 42.6 Å². The van der Waals surface area contributed by atoms with Gasteiger partial charge in [-0.1, -0.05) is 31.2 Å². The molecule has 0 aliphatic rings. The summed E-state index contributed by atoms with van der Waals surface area (Å²) in [5, 5.41) is 0. The Hall–Kier alpha value is -2.20. The Morgan fingerprint density at radius 2 is 1.95 bits per heavy atom. The molecule has 0 spiro atoms. The summed E-state index contributed by atoms with van der Waals surface area (Å²) in [6, 6.07) is 12.2. The van der Waals surface area contributed by atoms with Gasteiger partial charge in [-0.05, 0) is 24.1 Å². The Bertz CT molecular complexity index is 713. The Kier molecular flexibility index (Phi) is 3.48. The smallest absolute Gasteiger partial charge is 0.160 e. The van der Waals surface area contributed by atoms with Gasteiger partial charge >= 0.3 is 0 Å². The maximum absolute atomic E-state index is 5.65. The van der Waals surface area contributed by atoms with E-state index in [9.17, 15) is 0 Å². The molecule has 3 aromatic rings. The second kappa shape index (κ2) is 5.43. The fraction of sp³-hybridized carbons (Fsp3) is 0.250. The number of pyridine rings is 1. The Balaban J connectivity index is 2.15. The van der Waals surface area contributed by atoms with Crippen LogP contribution in [0.4, 0.5) is 0 Å². The monoisotopic (exact) mass is 266 g/mol. The van der Waals surface area contributed by atoms with Gasteiger partial charge in [0.05, 0.1) is 0 Å². The van der Waals surface area contributed by atoms with Crippen LogP contribution in [0.3, 0.4) is 0 Å². The number of nitrogens with zero attached hydrogens (tertiary/aromatic N) is 3. The van der Waals surface area contributed by atoms with Crippen molar-refractivity contribution in [2.75, 3.05) is 0 Å². The molecule has 0 unspecified atom stereocenters. The lowest BCUT2D eigenvalue weighted by Gasteiger charge is -2.07. The van der Waals surface area contributed by atoms with E-state index in [2.05, 4.69) is 40.7 Å². The van der Waals surface area contributed by atoms with E-state index in [1.165, 1.54) is 0 Å². The van der Waals surface area contributed by atoms with Crippen molar-refractivity contribution in [1.82, 2.24) is 14.5 Å². The second-order valence-corrected chi connectivity index (χ2v) is 4.83. The zero-order valence-electron chi connectivity index (χ0n) is 11.6. The van der Waals surface area contributed by atoms with Crippen molar-refractivity contribution in [2.24, 2.45) is 5.73 Å². The van der Waals surface area contributed by atoms with E-state index in [4.69, 9.17) is 10.7 Å². The lowest BCUT2D eigenvalue weighted by Crippen LogP contribution is -2.01. The van der Waals surface area contributed by atoms with E-state index in [-0.39, 0.29) is 0 Å². The molecule has 0 aliphatic carbocycles. The van der Waals surface area contributed by atoms with Crippen LogP contribution in [0, 0.1) is 0 Å². The number of imidazole rings is 1. The highest BCUT2D eigenvalue weighted by Gasteiger charge is 2.12. The van der Waals surface area contributed by atoms with Crippen molar-refractivity contribution in [2.45, 2.75) is 26.4 Å². The fourth-order valence-electron chi connectivity index (χ4n) is 2.40. The van der Waals surface area contributed by atoms with Gasteiger partial charge in [-0.3, -0.25) is 0 Å². The Morgan fingerprint density at radius 3 is 2.65 bits per heavy atom. The summed E-state index contributed by atoms with van der Waals surface area (Å²) in [5.74, 6) is 0.976. The molecule has 1 aromatic carbocycles. The summed E-state index contributed by atoms with van der Waals surface area (Å²) in [7, 11) is 0. The summed E-state index contributed by atoms with van der Waals surface area (Å²) in [6.45, 7) is 3.64. The maximum atomic E-state index is 5.65. The summed E-state index contributed by atoms with van der Waals surface area (Å²) in [5.41, 5.74) is 9.78. The van der Waals surface area contributed by atoms with Crippen LogP contribution in [-0.2, 0) is 13.1 Å². The molecule has 0 fully saturated rings. The van der Waals surface area contributed by atoms with Crippen LogP contribution in [0.25, 0.3) is 22.6 Å². The number of rotatable bonds is 4. The van der Waals surface area contributed by atoms with Crippen molar-refractivity contribution in [3.8, 4) is 11.4 Å². The first-order valence-electron chi connectivity index (χ1n) is 6.94. The van der Waals surface area contributed by atoms with Crippen LogP contribution in [0.5, 0.6) is 0 Å². The normalized spacial score (nSPS) is 11.1. The van der Waals surface area contributed by atoms with Gasteiger partial charge < -0.3 is 10.3 Å². The van der Waals surface area contributed by atoms with Crippen LogP contribution >= 0.6 is 0 Å². The average molecular weight is 266 g/mol. The van der Waals surface area contributed by atoms with Gasteiger partial charge in [0.15, 0.2) is 5.65 Å². The van der Waals surface area contributed by atoms with E-state index < -0.39 is 0 Å². The SMILES string of the molecule is CCCn1c(-c2ccc(CN)cc2)nc2cccnc21. The minimum Gasteiger partial charge on any atom is -0.326 e. The average Bonchev–Trinajstić information content (AvgIpc) is 2.87. The van der Waals surface area contributed by atoms with Gasteiger partial charge in [0.2, 0.25) is 0 Å². The maximum Gasteiger partial charge on any atom is 0.160 e. The third-order valence-corrected chi connectivity index (χ3v) is 3.40. The first kappa shape index (κ1) is 12.8. The molecule has 2 aromatic heterocycles. The summed E-state index contributed by atoms with van der Waals surface area (Å²) >= 11 is 0. The van der Waals surface area contributed by atoms with Crippen molar-refractivity contribution in [3.05, 3.63) is 48.2 Å². The number of aryl methyl sites for hydroxylation is 1. The van der Waals surface area contributed by atoms with Gasteiger partial charge in [0.25, 0.3) is 0 Å². The molecule has 20 heavy (non-hydrogen) atoms. The van der Waals surface area contributed by atoms with E-state index in [1.807, 2.05) is 18.3 Å². The standard InChI is InChI=1S/C16H18N4/c1-2-10-20-15(13-7-5-12(11-17)6-8-13)19-14-4-3-9-18-16(14)20/h3-9H,2,10-11,17H2,1H3. The zero-order valence-corrected chi connectivity index (χ0v) is 11.6. The van der Waals surface area contributed by atoms with Crippen LogP contribution in [0.2, 0.25) is 0 Å². The van der Waals surface area contributed by atoms with Gasteiger partial charge in [-0.2, -0.15) is 0 Å². The molecule has 2 heterocycles. The topological polar surface area (TPSA) is 56.7 Å². The van der Waals surface area contributed by atoms with E-state index in [1.54, 1.807) is 0 Å². The largest absolute Gasteiger partial charge is 0.326 e.